The number of nitrogens with two attached hydrogens (primary N) is 1. The number of aromatic hydroxyl groups is 1. The zero-order chi connectivity index (χ0) is 12.3. The van der Waals surface area contributed by atoms with Crippen LogP contribution in [0.5, 0.6) is 5.75 Å². The van der Waals surface area contributed by atoms with Gasteiger partial charge in [0.05, 0.1) is 12.4 Å². The molecule has 1 aliphatic rings. The number of hydrogen-bond donors (Lipinski definition) is 2. The summed E-state index contributed by atoms with van der Waals surface area (Å²) in [5.41, 5.74) is 6.14. The highest BCUT2D eigenvalue weighted by Gasteiger charge is 2.33. The standard InChI is InChI=1S/C13H19FN2O/c14-9-13(10-15)5-7-16(8-6-13)11-3-1-2-4-12(11)17/h1-4,17H,5-10,15H2. The van der Waals surface area contributed by atoms with Gasteiger partial charge in [0.1, 0.15) is 5.75 Å². The number of phenolic OH excluding ortho intramolecular Hbond substituents is 1. The molecule has 0 bridgehead atoms. The van der Waals surface area contributed by atoms with Crippen molar-refractivity contribution in [2.45, 2.75) is 12.8 Å². The van der Waals surface area contributed by atoms with Gasteiger partial charge in [-0.25, -0.2) is 0 Å². The van der Waals surface area contributed by atoms with E-state index in [1.54, 1.807) is 12.1 Å². The number of halogens is 1. The Labute approximate surface area is 101 Å². The fourth-order valence-corrected chi connectivity index (χ4v) is 2.35. The largest absolute Gasteiger partial charge is 0.506 e. The van der Waals surface area contributed by atoms with Crippen LogP contribution in [0.1, 0.15) is 12.8 Å². The summed E-state index contributed by atoms with van der Waals surface area (Å²) in [6.07, 6.45) is 1.49. The van der Waals surface area contributed by atoms with Crippen molar-refractivity contribution >= 4 is 5.69 Å². The summed E-state index contributed by atoms with van der Waals surface area (Å²) in [7, 11) is 0. The molecular formula is C13H19FN2O. The molecule has 0 spiro atoms. The molecule has 94 valence electrons. The van der Waals surface area contributed by atoms with E-state index in [-0.39, 0.29) is 17.8 Å². The average Bonchev–Trinajstić information content (AvgIpc) is 2.40. The number of hydrogen-bond acceptors (Lipinski definition) is 3. The number of benzene rings is 1. The first kappa shape index (κ1) is 12.2. The number of alkyl halides is 1. The van der Waals surface area contributed by atoms with Crippen molar-refractivity contribution in [1.82, 2.24) is 0 Å². The second kappa shape index (κ2) is 4.92. The van der Waals surface area contributed by atoms with Crippen LogP contribution in [0.3, 0.4) is 0 Å². The van der Waals surface area contributed by atoms with Crippen molar-refractivity contribution < 1.29 is 9.50 Å². The van der Waals surface area contributed by atoms with Gasteiger partial charge in [0.25, 0.3) is 0 Å². The fourth-order valence-electron chi connectivity index (χ4n) is 2.35. The Balaban J connectivity index is 2.07. The monoisotopic (exact) mass is 238 g/mol. The van der Waals surface area contributed by atoms with E-state index in [1.807, 2.05) is 12.1 Å². The van der Waals surface area contributed by atoms with Crippen molar-refractivity contribution in [1.29, 1.82) is 0 Å². The smallest absolute Gasteiger partial charge is 0.138 e. The van der Waals surface area contributed by atoms with Gasteiger partial charge in [-0.15, -0.1) is 0 Å². The van der Waals surface area contributed by atoms with E-state index >= 15 is 0 Å². The van der Waals surface area contributed by atoms with E-state index in [2.05, 4.69) is 4.90 Å². The second-order valence-corrected chi connectivity index (χ2v) is 4.81. The predicted molar refractivity (Wildman–Crippen MR) is 67.0 cm³/mol. The molecule has 3 nitrogen and oxygen atoms in total. The van der Waals surface area contributed by atoms with Crippen molar-refractivity contribution in [2.24, 2.45) is 11.1 Å². The van der Waals surface area contributed by atoms with Gasteiger partial charge in [0.15, 0.2) is 0 Å². The third-order valence-electron chi connectivity index (χ3n) is 3.76. The molecule has 0 atom stereocenters. The Morgan fingerprint density at radius 1 is 1.29 bits per heavy atom. The van der Waals surface area contributed by atoms with E-state index in [4.69, 9.17) is 5.73 Å². The van der Waals surface area contributed by atoms with Crippen molar-refractivity contribution in [3.05, 3.63) is 24.3 Å². The lowest BCUT2D eigenvalue weighted by Gasteiger charge is -2.40. The molecule has 1 aliphatic heterocycles. The minimum Gasteiger partial charge on any atom is -0.506 e. The Kier molecular flexibility index (Phi) is 3.52. The van der Waals surface area contributed by atoms with Gasteiger partial charge in [0, 0.05) is 25.0 Å². The van der Waals surface area contributed by atoms with Gasteiger partial charge in [0.2, 0.25) is 0 Å². The van der Waals surface area contributed by atoms with E-state index in [9.17, 15) is 9.50 Å². The summed E-state index contributed by atoms with van der Waals surface area (Å²) in [5, 5.41) is 9.77. The van der Waals surface area contributed by atoms with Crippen molar-refractivity contribution in [3.63, 3.8) is 0 Å². The molecule has 0 saturated carbocycles. The predicted octanol–water partition coefficient (Wildman–Crippen LogP) is 1.91. The molecule has 0 aliphatic carbocycles. The minimum atomic E-state index is -0.349. The average molecular weight is 238 g/mol. The van der Waals surface area contributed by atoms with Crippen LogP contribution in [0.2, 0.25) is 0 Å². The van der Waals surface area contributed by atoms with Gasteiger partial charge in [-0.05, 0) is 25.0 Å². The minimum absolute atomic E-state index is 0.285. The molecule has 0 aromatic heterocycles. The van der Waals surface area contributed by atoms with E-state index in [0.29, 0.717) is 6.54 Å². The molecule has 0 unspecified atom stereocenters. The lowest BCUT2D eigenvalue weighted by Crippen LogP contribution is -2.45. The molecule has 17 heavy (non-hydrogen) atoms. The van der Waals surface area contributed by atoms with E-state index in [0.717, 1.165) is 31.6 Å². The molecule has 1 saturated heterocycles. The quantitative estimate of drug-likeness (QED) is 0.845. The molecule has 1 heterocycles. The van der Waals surface area contributed by atoms with Gasteiger partial charge < -0.3 is 15.7 Å². The molecule has 0 radical (unpaired) electrons. The SMILES string of the molecule is NCC1(CF)CCN(c2ccccc2O)CC1. The number of para-hydroxylation sites is 2. The summed E-state index contributed by atoms with van der Waals surface area (Å²) in [4.78, 5) is 2.10. The fraction of sp³-hybridized carbons (Fsp3) is 0.538. The van der Waals surface area contributed by atoms with Crippen LogP contribution in [0.15, 0.2) is 24.3 Å². The van der Waals surface area contributed by atoms with Crippen LogP contribution >= 0.6 is 0 Å². The molecule has 1 aromatic carbocycles. The van der Waals surface area contributed by atoms with E-state index in [1.165, 1.54) is 0 Å². The van der Waals surface area contributed by atoms with Gasteiger partial charge >= 0.3 is 0 Å². The highest BCUT2D eigenvalue weighted by molar-refractivity contribution is 5.57. The van der Waals surface area contributed by atoms with Crippen LogP contribution in [-0.2, 0) is 0 Å². The second-order valence-electron chi connectivity index (χ2n) is 4.81. The molecule has 4 heteroatoms. The number of anilines is 1. The Morgan fingerprint density at radius 2 is 1.94 bits per heavy atom. The first-order valence-electron chi connectivity index (χ1n) is 6.00. The van der Waals surface area contributed by atoms with Crippen molar-refractivity contribution in [2.75, 3.05) is 31.2 Å². The Morgan fingerprint density at radius 3 is 2.47 bits per heavy atom. The lowest BCUT2D eigenvalue weighted by molar-refractivity contribution is 0.168. The third-order valence-corrected chi connectivity index (χ3v) is 3.76. The maximum Gasteiger partial charge on any atom is 0.138 e. The molecule has 1 aromatic rings. The van der Waals surface area contributed by atoms with Crippen LogP contribution in [0, 0.1) is 5.41 Å². The van der Waals surface area contributed by atoms with Crippen molar-refractivity contribution in [3.8, 4) is 5.75 Å². The Bertz CT molecular complexity index is 369. The van der Waals surface area contributed by atoms with Crippen LogP contribution in [0.4, 0.5) is 10.1 Å². The molecule has 1 fully saturated rings. The summed E-state index contributed by atoms with van der Waals surface area (Å²) in [5.74, 6) is 0.285. The maximum atomic E-state index is 13.0. The van der Waals surface area contributed by atoms with E-state index < -0.39 is 0 Å². The van der Waals surface area contributed by atoms with Gasteiger partial charge in [-0.3, -0.25) is 4.39 Å². The van der Waals surface area contributed by atoms with Crippen LogP contribution in [0.25, 0.3) is 0 Å². The number of phenols is 1. The Hall–Kier alpha value is -1.29. The summed E-state index contributed by atoms with van der Waals surface area (Å²) in [6, 6.07) is 7.26. The zero-order valence-electron chi connectivity index (χ0n) is 9.90. The van der Waals surface area contributed by atoms with Crippen LogP contribution < -0.4 is 10.6 Å². The van der Waals surface area contributed by atoms with Crippen LogP contribution in [-0.4, -0.2) is 31.4 Å². The van der Waals surface area contributed by atoms with Gasteiger partial charge in [-0.2, -0.15) is 0 Å². The van der Waals surface area contributed by atoms with Gasteiger partial charge in [-0.1, -0.05) is 12.1 Å². The highest BCUT2D eigenvalue weighted by Crippen LogP contribution is 2.35. The highest BCUT2D eigenvalue weighted by atomic mass is 19.1. The lowest BCUT2D eigenvalue weighted by atomic mass is 9.79. The normalized spacial score (nSPS) is 19.3. The molecular weight excluding hydrogens is 219 g/mol. The first-order valence-corrected chi connectivity index (χ1v) is 6.00. The number of nitrogens with zero attached hydrogens (tertiary/aromatic N) is 1. The maximum absolute atomic E-state index is 13.0. The molecule has 3 N–H and O–H groups in total. The summed E-state index contributed by atoms with van der Waals surface area (Å²) in [6.45, 7) is 1.55. The summed E-state index contributed by atoms with van der Waals surface area (Å²) < 4.78 is 13.0. The summed E-state index contributed by atoms with van der Waals surface area (Å²) >= 11 is 0. The molecule has 2 rings (SSSR count). The number of rotatable bonds is 3. The number of piperidine rings is 1. The zero-order valence-corrected chi connectivity index (χ0v) is 9.90. The first-order chi connectivity index (χ1) is 8.21. The molecule has 0 amide bonds. The topological polar surface area (TPSA) is 49.5 Å². The third kappa shape index (κ3) is 2.36.